The van der Waals surface area contributed by atoms with E-state index >= 15 is 0 Å². The molecule has 0 radical (unpaired) electrons. The van der Waals surface area contributed by atoms with Crippen molar-refractivity contribution in [3.8, 4) is 0 Å². The van der Waals surface area contributed by atoms with Crippen LogP contribution in [-0.4, -0.2) is 24.8 Å². The van der Waals surface area contributed by atoms with Crippen molar-refractivity contribution in [2.45, 2.75) is 6.17 Å². The Morgan fingerprint density at radius 1 is 1.57 bits per heavy atom. The van der Waals surface area contributed by atoms with Crippen LogP contribution in [0.5, 0.6) is 0 Å². The summed E-state index contributed by atoms with van der Waals surface area (Å²) in [6.45, 7) is -0.135. The number of carboxylic acid groups (broad SMARTS) is 1. The number of carboxylic acids is 1. The number of benzene rings is 1. The first-order valence-electron chi connectivity index (χ1n) is 4.12. The first-order chi connectivity index (χ1) is 6.66. The van der Waals surface area contributed by atoms with E-state index in [-0.39, 0.29) is 17.7 Å². The van der Waals surface area contributed by atoms with Crippen LogP contribution in [-0.2, 0) is 4.74 Å². The van der Waals surface area contributed by atoms with E-state index in [0.717, 1.165) is 0 Å². The molecule has 0 bridgehead atoms. The van der Waals surface area contributed by atoms with E-state index in [1.807, 2.05) is 0 Å². The number of methoxy groups -OCH3 is 1. The molecule has 1 atom stereocenters. The molecule has 0 saturated heterocycles. The highest BCUT2D eigenvalue weighted by Gasteiger charge is 2.17. The summed E-state index contributed by atoms with van der Waals surface area (Å²) >= 11 is 0. The summed E-state index contributed by atoms with van der Waals surface area (Å²) in [4.78, 5) is 10.7. The van der Waals surface area contributed by atoms with E-state index in [2.05, 4.69) is 4.74 Å². The lowest BCUT2D eigenvalue weighted by Crippen LogP contribution is -2.07. The second-order valence-electron chi connectivity index (χ2n) is 2.82. The molecule has 0 amide bonds. The van der Waals surface area contributed by atoms with Gasteiger partial charge in [0.25, 0.3) is 0 Å². The van der Waals surface area contributed by atoms with E-state index in [4.69, 9.17) is 5.11 Å². The molecule has 1 N–H and O–H groups in total. The maximum Gasteiger partial charge on any atom is 0.336 e. The molecule has 0 spiro atoms. The lowest BCUT2D eigenvalue weighted by molar-refractivity contribution is 0.0688. The summed E-state index contributed by atoms with van der Waals surface area (Å²) < 4.78 is 18.0. The Hall–Kier alpha value is -1.42. The SMILES string of the molecule is COCC(F)c1ccccc1C(=O)O. The molecule has 1 aromatic carbocycles. The summed E-state index contributed by atoms with van der Waals surface area (Å²) in [5.74, 6) is -1.13. The van der Waals surface area contributed by atoms with Gasteiger partial charge in [0, 0.05) is 12.7 Å². The fourth-order valence-electron chi connectivity index (χ4n) is 1.20. The number of hydrogen-bond acceptors (Lipinski definition) is 2. The minimum Gasteiger partial charge on any atom is -0.478 e. The molecule has 1 unspecified atom stereocenters. The van der Waals surface area contributed by atoms with Gasteiger partial charge < -0.3 is 9.84 Å². The Morgan fingerprint density at radius 3 is 2.79 bits per heavy atom. The first kappa shape index (κ1) is 10.7. The summed E-state index contributed by atoms with van der Waals surface area (Å²) in [6.07, 6.45) is -1.40. The molecule has 1 rings (SSSR count). The Kier molecular flexibility index (Phi) is 3.59. The highest BCUT2D eigenvalue weighted by atomic mass is 19.1. The van der Waals surface area contributed by atoms with Crippen molar-refractivity contribution >= 4 is 5.97 Å². The van der Waals surface area contributed by atoms with Gasteiger partial charge >= 0.3 is 5.97 Å². The lowest BCUT2D eigenvalue weighted by Gasteiger charge is -2.09. The Labute approximate surface area is 81.1 Å². The Balaban J connectivity index is 3.00. The van der Waals surface area contributed by atoms with Crippen LogP contribution < -0.4 is 0 Å². The van der Waals surface area contributed by atoms with Crippen molar-refractivity contribution in [3.63, 3.8) is 0 Å². The third-order valence-electron chi connectivity index (χ3n) is 1.84. The van der Waals surface area contributed by atoms with E-state index in [0.29, 0.717) is 0 Å². The quantitative estimate of drug-likeness (QED) is 0.805. The minimum absolute atomic E-state index is 0.0166. The van der Waals surface area contributed by atoms with Crippen molar-refractivity contribution < 1.29 is 19.0 Å². The van der Waals surface area contributed by atoms with Gasteiger partial charge in [-0.2, -0.15) is 0 Å². The normalized spacial score (nSPS) is 12.4. The average Bonchev–Trinajstić information content (AvgIpc) is 2.18. The van der Waals surface area contributed by atoms with Crippen molar-refractivity contribution in [2.24, 2.45) is 0 Å². The van der Waals surface area contributed by atoms with Gasteiger partial charge in [-0.25, -0.2) is 9.18 Å². The standard InChI is InChI=1S/C10H11FO3/c1-14-6-9(11)7-4-2-3-5-8(7)10(12)13/h2-5,9H,6H2,1H3,(H,12,13). The molecule has 0 aromatic heterocycles. The third-order valence-corrected chi connectivity index (χ3v) is 1.84. The summed E-state index contributed by atoms with van der Waals surface area (Å²) in [6, 6.07) is 5.99. The van der Waals surface area contributed by atoms with Gasteiger partial charge in [0.1, 0.15) is 6.17 Å². The smallest absolute Gasteiger partial charge is 0.336 e. The average molecular weight is 198 g/mol. The van der Waals surface area contributed by atoms with Crippen LogP contribution in [0.25, 0.3) is 0 Å². The van der Waals surface area contributed by atoms with Crippen LogP contribution in [0.3, 0.4) is 0 Å². The molecule has 0 saturated carbocycles. The summed E-state index contributed by atoms with van der Waals surface area (Å²) in [5, 5.41) is 8.78. The van der Waals surface area contributed by atoms with Crippen molar-refractivity contribution in [3.05, 3.63) is 35.4 Å². The molecular formula is C10H11FO3. The zero-order valence-corrected chi connectivity index (χ0v) is 7.74. The number of rotatable bonds is 4. The minimum atomic E-state index is -1.40. The second kappa shape index (κ2) is 4.72. The van der Waals surface area contributed by atoms with Crippen LogP contribution in [0.15, 0.2) is 24.3 Å². The summed E-state index contributed by atoms with van der Waals surface area (Å²) in [7, 11) is 1.37. The fraction of sp³-hybridized carbons (Fsp3) is 0.300. The summed E-state index contributed by atoms with van der Waals surface area (Å²) in [5.41, 5.74) is 0.138. The van der Waals surface area contributed by atoms with E-state index < -0.39 is 12.1 Å². The maximum absolute atomic E-state index is 13.4. The van der Waals surface area contributed by atoms with Crippen LogP contribution in [0, 0.1) is 0 Å². The topological polar surface area (TPSA) is 46.5 Å². The Morgan fingerprint density at radius 2 is 2.21 bits per heavy atom. The van der Waals surface area contributed by atoms with Gasteiger partial charge in [0.2, 0.25) is 0 Å². The number of halogens is 1. The molecule has 0 fully saturated rings. The molecule has 0 aliphatic rings. The predicted molar refractivity (Wildman–Crippen MR) is 49.1 cm³/mol. The van der Waals surface area contributed by atoms with Gasteiger partial charge in [0.15, 0.2) is 0 Å². The molecule has 14 heavy (non-hydrogen) atoms. The number of hydrogen-bond donors (Lipinski definition) is 1. The molecule has 3 nitrogen and oxygen atoms in total. The second-order valence-corrected chi connectivity index (χ2v) is 2.82. The van der Waals surface area contributed by atoms with Crippen LogP contribution in [0.4, 0.5) is 4.39 Å². The lowest BCUT2D eigenvalue weighted by atomic mass is 10.0. The zero-order chi connectivity index (χ0) is 10.6. The van der Waals surface area contributed by atoms with E-state index in [1.165, 1.54) is 19.2 Å². The maximum atomic E-state index is 13.4. The number of alkyl halides is 1. The van der Waals surface area contributed by atoms with Crippen molar-refractivity contribution in [1.29, 1.82) is 0 Å². The van der Waals surface area contributed by atoms with Crippen LogP contribution in [0.1, 0.15) is 22.1 Å². The van der Waals surface area contributed by atoms with Gasteiger partial charge in [-0.3, -0.25) is 0 Å². The molecular weight excluding hydrogens is 187 g/mol. The van der Waals surface area contributed by atoms with Crippen LogP contribution in [0.2, 0.25) is 0 Å². The first-order valence-corrected chi connectivity index (χ1v) is 4.12. The van der Waals surface area contributed by atoms with Crippen LogP contribution >= 0.6 is 0 Å². The van der Waals surface area contributed by atoms with Gasteiger partial charge in [-0.1, -0.05) is 18.2 Å². The highest BCUT2D eigenvalue weighted by Crippen LogP contribution is 2.21. The molecule has 76 valence electrons. The third kappa shape index (κ3) is 2.29. The fourth-order valence-corrected chi connectivity index (χ4v) is 1.20. The molecule has 0 aliphatic carbocycles. The van der Waals surface area contributed by atoms with Gasteiger partial charge in [-0.05, 0) is 6.07 Å². The largest absolute Gasteiger partial charge is 0.478 e. The van der Waals surface area contributed by atoms with E-state index in [1.54, 1.807) is 12.1 Å². The highest BCUT2D eigenvalue weighted by molar-refractivity contribution is 5.89. The molecule has 4 heteroatoms. The Bertz CT molecular complexity index is 325. The van der Waals surface area contributed by atoms with Crippen molar-refractivity contribution in [2.75, 3.05) is 13.7 Å². The molecule has 1 aromatic rings. The molecule has 0 aliphatic heterocycles. The number of aromatic carboxylic acids is 1. The zero-order valence-electron chi connectivity index (χ0n) is 7.74. The van der Waals surface area contributed by atoms with Gasteiger partial charge in [-0.15, -0.1) is 0 Å². The predicted octanol–water partition coefficient (Wildman–Crippen LogP) is 2.04. The monoisotopic (exact) mass is 198 g/mol. The molecule has 0 heterocycles. The van der Waals surface area contributed by atoms with E-state index in [9.17, 15) is 9.18 Å². The number of ether oxygens (including phenoxy) is 1. The van der Waals surface area contributed by atoms with Gasteiger partial charge in [0.05, 0.1) is 12.2 Å². The van der Waals surface area contributed by atoms with Crippen molar-refractivity contribution in [1.82, 2.24) is 0 Å². The number of carbonyl (C=O) groups is 1.